The molecule has 0 fully saturated rings. The van der Waals surface area contributed by atoms with Crippen molar-refractivity contribution in [3.05, 3.63) is 35.0 Å². The van der Waals surface area contributed by atoms with Crippen molar-refractivity contribution in [1.82, 2.24) is 4.98 Å². The predicted molar refractivity (Wildman–Crippen MR) is 67.1 cm³/mol. The molecule has 0 saturated heterocycles. The van der Waals surface area contributed by atoms with Crippen molar-refractivity contribution in [3.63, 3.8) is 0 Å². The fourth-order valence-corrected chi connectivity index (χ4v) is 1.79. The monoisotopic (exact) mass is 250 g/mol. The summed E-state index contributed by atoms with van der Waals surface area (Å²) >= 11 is 6.10. The number of esters is 1. The van der Waals surface area contributed by atoms with Gasteiger partial charge >= 0.3 is 5.97 Å². The van der Waals surface area contributed by atoms with Crippen LogP contribution >= 0.6 is 11.6 Å². The van der Waals surface area contributed by atoms with Gasteiger partial charge in [-0.2, -0.15) is 0 Å². The third kappa shape index (κ3) is 2.03. The molecule has 0 saturated carbocycles. The first-order valence-corrected chi connectivity index (χ1v) is 5.53. The lowest BCUT2D eigenvalue weighted by Crippen LogP contribution is -2.11. The summed E-state index contributed by atoms with van der Waals surface area (Å²) in [4.78, 5) is 15.8. The number of carbonyl (C=O) groups is 1. The van der Waals surface area contributed by atoms with E-state index in [0.29, 0.717) is 10.5 Å². The van der Waals surface area contributed by atoms with Crippen LogP contribution in [-0.2, 0) is 4.74 Å². The molecule has 0 spiro atoms. The number of carbonyl (C=O) groups excluding carboxylic acids is 1. The minimum Gasteiger partial charge on any atom is -0.461 e. The zero-order chi connectivity index (χ0) is 12.4. The molecule has 1 aromatic heterocycles. The van der Waals surface area contributed by atoms with E-state index >= 15 is 0 Å². The van der Waals surface area contributed by atoms with E-state index in [4.69, 9.17) is 22.1 Å². The summed E-state index contributed by atoms with van der Waals surface area (Å²) in [6.07, 6.45) is 0. The van der Waals surface area contributed by atoms with Crippen LogP contribution in [0.25, 0.3) is 10.9 Å². The van der Waals surface area contributed by atoms with Crippen LogP contribution in [0, 0.1) is 0 Å². The minimum absolute atomic E-state index is 0.0653. The van der Waals surface area contributed by atoms with Crippen LogP contribution in [0.1, 0.15) is 17.4 Å². The van der Waals surface area contributed by atoms with Crippen molar-refractivity contribution in [2.24, 2.45) is 0 Å². The smallest absolute Gasteiger partial charge is 0.359 e. The molecule has 2 N–H and O–H groups in total. The molecule has 17 heavy (non-hydrogen) atoms. The quantitative estimate of drug-likeness (QED) is 0.832. The van der Waals surface area contributed by atoms with Gasteiger partial charge in [0.15, 0.2) is 5.69 Å². The summed E-state index contributed by atoms with van der Waals surface area (Å²) in [5.74, 6) is -0.558. The molecule has 0 aliphatic heterocycles. The number of nitrogens with zero attached hydrogens (tertiary/aromatic N) is 1. The van der Waals surface area contributed by atoms with Gasteiger partial charge in [0.1, 0.15) is 0 Å². The van der Waals surface area contributed by atoms with Gasteiger partial charge in [-0.05, 0) is 13.0 Å². The van der Waals surface area contributed by atoms with Crippen molar-refractivity contribution >= 4 is 34.2 Å². The lowest BCUT2D eigenvalue weighted by atomic mass is 10.1. The van der Waals surface area contributed by atoms with E-state index in [9.17, 15) is 4.79 Å². The third-order valence-corrected chi connectivity index (χ3v) is 2.74. The van der Waals surface area contributed by atoms with Gasteiger partial charge in [-0.25, -0.2) is 9.78 Å². The lowest BCUT2D eigenvalue weighted by Gasteiger charge is -2.08. The number of para-hydroxylation sites is 1. The van der Waals surface area contributed by atoms with Crippen LogP contribution in [0.3, 0.4) is 0 Å². The number of ether oxygens (including phenoxy) is 1. The number of nitrogen functional groups attached to an aromatic ring is 1. The highest BCUT2D eigenvalue weighted by atomic mass is 35.5. The molecule has 0 aliphatic carbocycles. The number of rotatable bonds is 2. The molecule has 4 nitrogen and oxygen atoms in total. The molecule has 0 aliphatic rings. The van der Waals surface area contributed by atoms with Crippen LogP contribution in [0.4, 0.5) is 5.69 Å². The van der Waals surface area contributed by atoms with Crippen molar-refractivity contribution in [2.75, 3.05) is 12.3 Å². The van der Waals surface area contributed by atoms with E-state index in [-0.39, 0.29) is 18.0 Å². The summed E-state index contributed by atoms with van der Waals surface area (Å²) in [5, 5.41) is 1.05. The van der Waals surface area contributed by atoms with E-state index in [1.165, 1.54) is 0 Å². The Morgan fingerprint density at radius 3 is 2.88 bits per heavy atom. The second-order valence-corrected chi connectivity index (χ2v) is 3.80. The normalized spacial score (nSPS) is 10.5. The number of fused-ring (bicyclic) bond motifs is 1. The molecule has 5 heteroatoms. The maximum absolute atomic E-state index is 11.6. The van der Waals surface area contributed by atoms with Crippen molar-refractivity contribution < 1.29 is 9.53 Å². The Kier molecular flexibility index (Phi) is 3.15. The highest BCUT2D eigenvalue weighted by Gasteiger charge is 2.17. The fourth-order valence-electron chi connectivity index (χ4n) is 1.54. The predicted octanol–water partition coefficient (Wildman–Crippen LogP) is 2.65. The number of hydrogen-bond donors (Lipinski definition) is 1. The maximum Gasteiger partial charge on any atom is 0.359 e. The summed E-state index contributed by atoms with van der Waals surface area (Å²) in [5.41, 5.74) is 6.63. The van der Waals surface area contributed by atoms with E-state index < -0.39 is 5.97 Å². The Balaban J connectivity index is 2.65. The summed E-state index contributed by atoms with van der Waals surface area (Å²) in [6, 6.07) is 7.22. The topological polar surface area (TPSA) is 65.2 Å². The zero-order valence-corrected chi connectivity index (χ0v) is 9.99. The Hall–Kier alpha value is -1.81. The standard InChI is InChI=1S/C12H11ClN2O2/c1-2-17-12(16)11-10(14)9(13)7-5-3-4-6-8(7)15-11/h3-6H,2,14H2,1H3. The first-order valence-electron chi connectivity index (χ1n) is 5.16. The number of benzene rings is 1. The number of aromatic nitrogens is 1. The maximum atomic E-state index is 11.6. The van der Waals surface area contributed by atoms with Gasteiger partial charge in [0.25, 0.3) is 0 Å². The van der Waals surface area contributed by atoms with Gasteiger partial charge in [-0.1, -0.05) is 29.8 Å². The summed E-state index contributed by atoms with van der Waals surface area (Å²) in [7, 11) is 0. The first kappa shape index (κ1) is 11.7. The molecule has 2 aromatic rings. The number of pyridine rings is 1. The summed E-state index contributed by atoms with van der Waals surface area (Å²) < 4.78 is 4.87. The van der Waals surface area contributed by atoms with Gasteiger partial charge in [0.05, 0.1) is 22.8 Å². The Morgan fingerprint density at radius 1 is 1.47 bits per heavy atom. The molecule has 0 atom stereocenters. The molecule has 0 unspecified atom stereocenters. The second kappa shape index (κ2) is 4.59. The van der Waals surface area contributed by atoms with Gasteiger partial charge in [0, 0.05) is 5.39 Å². The largest absolute Gasteiger partial charge is 0.461 e. The molecule has 0 amide bonds. The molecular weight excluding hydrogens is 240 g/mol. The van der Waals surface area contributed by atoms with Crippen LogP contribution in [0.2, 0.25) is 5.02 Å². The number of hydrogen-bond acceptors (Lipinski definition) is 4. The average molecular weight is 251 g/mol. The van der Waals surface area contributed by atoms with Gasteiger partial charge in [-0.15, -0.1) is 0 Å². The average Bonchev–Trinajstić information content (AvgIpc) is 2.34. The van der Waals surface area contributed by atoms with Crippen molar-refractivity contribution in [2.45, 2.75) is 6.92 Å². The van der Waals surface area contributed by atoms with Gasteiger partial charge < -0.3 is 10.5 Å². The van der Waals surface area contributed by atoms with E-state index in [1.807, 2.05) is 12.1 Å². The highest BCUT2D eigenvalue weighted by molar-refractivity contribution is 6.38. The molecule has 1 heterocycles. The van der Waals surface area contributed by atoms with Gasteiger partial charge in [-0.3, -0.25) is 0 Å². The molecule has 0 radical (unpaired) electrons. The Labute approximate surface area is 103 Å². The number of anilines is 1. The Morgan fingerprint density at radius 2 is 2.18 bits per heavy atom. The second-order valence-electron chi connectivity index (χ2n) is 3.43. The van der Waals surface area contributed by atoms with E-state index in [1.54, 1.807) is 19.1 Å². The zero-order valence-electron chi connectivity index (χ0n) is 9.24. The molecule has 88 valence electrons. The molecule has 0 bridgehead atoms. The summed E-state index contributed by atoms with van der Waals surface area (Å²) in [6.45, 7) is 1.99. The van der Waals surface area contributed by atoms with Crippen molar-refractivity contribution in [3.8, 4) is 0 Å². The molecule has 2 rings (SSSR count). The first-order chi connectivity index (χ1) is 8.15. The fraction of sp³-hybridized carbons (Fsp3) is 0.167. The lowest BCUT2D eigenvalue weighted by molar-refractivity contribution is 0.0521. The van der Waals surface area contributed by atoms with Crippen LogP contribution in [0.5, 0.6) is 0 Å². The van der Waals surface area contributed by atoms with Crippen molar-refractivity contribution in [1.29, 1.82) is 0 Å². The van der Waals surface area contributed by atoms with Crippen LogP contribution in [0.15, 0.2) is 24.3 Å². The molecular formula is C12H11ClN2O2. The number of nitrogens with two attached hydrogens (primary N) is 1. The van der Waals surface area contributed by atoms with E-state index in [2.05, 4.69) is 4.98 Å². The van der Waals surface area contributed by atoms with Gasteiger partial charge in [0.2, 0.25) is 0 Å². The van der Waals surface area contributed by atoms with Crippen LogP contribution < -0.4 is 5.73 Å². The Bertz CT molecular complexity index is 584. The third-order valence-electron chi connectivity index (χ3n) is 2.33. The van der Waals surface area contributed by atoms with E-state index in [0.717, 1.165) is 5.39 Å². The SMILES string of the molecule is CCOC(=O)c1nc2ccccc2c(Cl)c1N. The van der Waals surface area contributed by atoms with Crippen LogP contribution in [-0.4, -0.2) is 17.6 Å². The minimum atomic E-state index is -0.558. The molecule has 1 aromatic carbocycles. The highest BCUT2D eigenvalue weighted by Crippen LogP contribution is 2.30. The number of halogens is 1.